The normalized spacial score (nSPS) is 29.0. The molecule has 1 N–H and O–H groups in total. The zero-order valence-corrected chi connectivity index (χ0v) is 18.7. The monoisotopic (exact) mass is 410 g/mol. The van der Waals surface area contributed by atoms with Crippen LogP contribution in [0.2, 0.25) is 0 Å². The summed E-state index contributed by atoms with van der Waals surface area (Å²) in [7, 11) is 1.43. The summed E-state index contributed by atoms with van der Waals surface area (Å²) >= 11 is 0. The van der Waals surface area contributed by atoms with Gasteiger partial charge in [-0.1, -0.05) is 38.8 Å². The molecule has 4 atom stereocenters. The van der Waals surface area contributed by atoms with Crippen LogP contribution in [-0.4, -0.2) is 43.3 Å². The predicted octanol–water partition coefficient (Wildman–Crippen LogP) is 5.01. The number of carbonyl (C=O) groups is 1. The number of esters is 1. The van der Waals surface area contributed by atoms with Gasteiger partial charge < -0.3 is 19.3 Å². The first-order valence-corrected chi connectivity index (χ1v) is 11.7. The summed E-state index contributed by atoms with van der Waals surface area (Å²) < 4.78 is 16.8. The highest BCUT2D eigenvalue weighted by atomic mass is 16.7. The largest absolute Gasteiger partial charge is 0.469 e. The van der Waals surface area contributed by atoms with E-state index >= 15 is 0 Å². The molecule has 0 radical (unpaired) electrons. The predicted molar refractivity (Wildman–Crippen MR) is 114 cm³/mol. The van der Waals surface area contributed by atoms with Gasteiger partial charge in [0, 0.05) is 19.3 Å². The molecule has 1 saturated heterocycles. The molecular formula is C24H42O5. The minimum Gasteiger partial charge on any atom is -0.469 e. The van der Waals surface area contributed by atoms with Gasteiger partial charge >= 0.3 is 5.97 Å². The van der Waals surface area contributed by atoms with Gasteiger partial charge in [-0.2, -0.15) is 0 Å². The lowest BCUT2D eigenvalue weighted by molar-refractivity contribution is -0.171. The van der Waals surface area contributed by atoms with Crippen LogP contribution in [0.5, 0.6) is 0 Å². The van der Waals surface area contributed by atoms with Crippen molar-refractivity contribution in [2.45, 2.75) is 96.4 Å². The van der Waals surface area contributed by atoms with Crippen LogP contribution in [0, 0.1) is 17.8 Å². The maximum absolute atomic E-state index is 11.2. The first-order valence-electron chi connectivity index (χ1n) is 11.7. The van der Waals surface area contributed by atoms with Crippen LogP contribution in [-0.2, 0) is 19.0 Å². The van der Waals surface area contributed by atoms with E-state index < -0.39 is 5.79 Å². The Morgan fingerprint density at radius 2 is 1.90 bits per heavy atom. The van der Waals surface area contributed by atoms with Crippen molar-refractivity contribution < 1.29 is 24.1 Å². The molecule has 2 rings (SSSR count). The number of ether oxygens (including phenoxy) is 3. The topological polar surface area (TPSA) is 65.0 Å². The Morgan fingerprint density at radius 1 is 1.14 bits per heavy atom. The number of unbranched alkanes of at least 4 members (excludes halogenated alkanes) is 3. The SMILES string of the molecule is CCCCCC1(CC[C@H]2C(O)CC(C)[C@@H]2C/C=C\CCCC(=O)OC)OCCO1. The quantitative estimate of drug-likeness (QED) is 0.263. The van der Waals surface area contributed by atoms with Crippen molar-refractivity contribution in [2.75, 3.05) is 20.3 Å². The first kappa shape index (κ1) is 24.4. The van der Waals surface area contributed by atoms with Crippen LogP contribution in [0.25, 0.3) is 0 Å². The van der Waals surface area contributed by atoms with E-state index in [9.17, 15) is 9.90 Å². The highest BCUT2D eigenvalue weighted by Crippen LogP contribution is 2.44. The van der Waals surface area contributed by atoms with Crippen molar-refractivity contribution in [1.82, 2.24) is 0 Å². The molecule has 1 aliphatic carbocycles. The second-order valence-electron chi connectivity index (χ2n) is 8.89. The minimum atomic E-state index is -0.422. The van der Waals surface area contributed by atoms with E-state index in [1.165, 1.54) is 20.0 Å². The maximum Gasteiger partial charge on any atom is 0.305 e. The number of rotatable bonds is 13. The summed E-state index contributed by atoms with van der Waals surface area (Å²) in [6, 6.07) is 0. The van der Waals surface area contributed by atoms with Crippen LogP contribution >= 0.6 is 0 Å². The standard InChI is InChI=1S/C24H42O5/c1-4-5-10-14-24(28-16-17-29-24)15-13-21-20(19(2)18-22(21)25)11-8-6-7-9-12-23(26)27-3/h6,8,19-22,25H,4-5,7,9-18H2,1-3H3/b8-6-/t19?,20-,21+,22?/m0/s1. The van der Waals surface area contributed by atoms with Crippen LogP contribution in [0.4, 0.5) is 0 Å². The van der Waals surface area contributed by atoms with Gasteiger partial charge in [0.05, 0.1) is 26.4 Å². The van der Waals surface area contributed by atoms with Crippen molar-refractivity contribution in [2.24, 2.45) is 17.8 Å². The van der Waals surface area contributed by atoms with E-state index in [1.807, 2.05) is 0 Å². The third-order valence-corrected chi connectivity index (χ3v) is 6.78. The molecule has 2 aliphatic rings. The summed E-state index contributed by atoms with van der Waals surface area (Å²) in [6.45, 7) is 5.85. The van der Waals surface area contributed by atoms with E-state index in [0.29, 0.717) is 37.4 Å². The second kappa shape index (κ2) is 12.7. The fraction of sp³-hybridized carbons (Fsp3) is 0.875. The smallest absolute Gasteiger partial charge is 0.305 e. The average molecular weight is 411 g/mol. The molecule has 1 aliphatic heterocycles. The molecule has 5 nitrogen and oxygen atoms in total. The van der Waals surface area contributed by atoms with Crippen molar-refractivity contribution in [3.8, 4) is 0 Å². The third-order valence-electron chi connectivity index (χ3n) is 6.78. The molecule has 0 spiro atoms. The minimum absolute atomic E-state index is 0.143. The molecule has 0 bridgehead atoms. The van der Waals surface area contributed by atoms with E-state index in [1.54, 1.807) is 0 Å². The number of aliphatic hydroxyl groups is 1. The summed E-state index contributed by atoms with van der Waals surface area (Å²) in [5, 5.41) is 10.7. The van der Waals surface area contributed by atoms with Crippen molar-refractivity contribution in [1.29, 1.82) is 0 Å². The van der Waals surface area contributed by atoms with Gasteiger partial charge in [-0.15, -0.1) is 0 Å². The Balaban J connectivity index is 1.82. The molecule has 0 aromatic rings. The Morgan fingerprint density at radius 3 is 2.59 bits per heavy atom. The molecule has 0 aromatic carbocycles. The van der Waals surface area contributed by atoms with Crippen molar-refractivity contribution >= 4 is 5.97 Å². The Hall–Kier alpha value is -0.910. The molecule has 1 heterocycles. The number of carbonyl (C=O) groups excluding carboxylic acids is 1. The summed E-state index contributed by atoms with van der Waals surface area (Å²) in [6.07, 6.45) is 14.6. The maximum atomic E-state index is 11.2. The number of methoxy groups -OCH3 is 1. The lowest BCUT2D eigenvalue weighted by Crippen LogP contribution is -2.32. The van der Waals surface area contributed by atoms with Gasteiger partial charge in [0.2, 0.25) is 0 Å². The zero-order valence-electron chi connectivity index (χ0n) is 18.7. The first-order chi connectivity index (χ1) is 14.0. The lowest BCUT2D eigenvalue weighted by Gasteiger charge is -2.31. The van der Waals surface area contributed by atoms with Crippen molar-refractivity contribution in [3.63, 3.8) is 0 Å². The molecule has 2 unspecified atom stereocenters. The second-order valence-corrected chi connectivity index (χ2v) is 8.89. The van der Waals surface area contributed by atoms with E-state index in [4.69, 9.17) is 9.47 Å². The Bertz CT molecular complexity index is 497. The molecule has 2 fully saturated rings. The number of hydrogen-bond donors (Lipinski definition) is 1. The Kier molecular flexibility index (Phi) is 10.7. The molecule has 29 heavy (non-hydrogen) atoms. The molecule has 0 aromatic heterocycles. The summed E-state index contributed by atoms with van der Waals surface area (Å²) in [5.74, 6) is 0.762. The highest BCUT2D eigenvalue weighted by molar-refractivity contribution is 5.69. The van der Waals surface area contributed by atoms with E-state index in [-0.39, 0.29) is 12.1 Å². The highest BCUT2D eigenvalue weighted by Gasteiger charge is 2.42. The third kappa shape index (κ3) is 7.69. The summed E-state index contributed by atoms with van der Waals surface area (Å²) in [4.78, 5) is 11.2. The van der Waals surface area contributed by atoms with Crippen molar-refractivity contribution in [3.05, 3.63) is 12.2 Å². The number of allylic oxidation sites excluding steroid dienone is 2. The zero-order chi connectivity index (χ0) is 21.1. The molecule has 1 saturated carbocycles. The van der Waals surface area contributed by atoms with Crippen LogP contribution in [0.3, 0.4) is 0 Å². The van der Waals surface area contributed by atoms with Gasteiger partial charge in [-0.05, 0) is 56.3 Å². The molecule has 5 heteroatoms. The van der Waals surface area contributed by atoms with Crippen LogP contribution in [0.1, 0.15) is 84.5 Å². The molecular weight excluding hydrogens is 368 g/mol. The van der Waals surface area contributed by atoms with Gasteiger partial charge in [-0.25, -0.2) is 0 Å². The van der Waals surface area contributed by atoms with Gasteiger partial charge in [0.1, 0.15) is 0 Å². The lowest BCUT2D eigenvalue weighted by atomic mass is 9.82. The van der Waals surface area contributed by atoms with E-state index in [2.05, 4.69) is 30.7 Å². The fourth-order valence-corrected chi connectivity index (χ4v) is 5.03. The number of hydrogen-bond acceptors (Lipinski definition) is 5. The van der Waals surface area contributed by atoms with Gasteiger partial charge in [-0.3, -0.25) is 4.79 Å². The summed E-state index contributed by atoms with van der Waals surface area (Å²) in [5.41, 5.74) is 0. The number of aliphatic hydroxyl groups excluding tert-OH is 1. The average Bonchev–Trinajstić information content (AvgIpc) is 3.27. The van der Waals surface area contributed by atoms with E-state index in [0.717, 1.165) is 51.4 Å². The fourth-order valence-electron chi connectivity index (χ4n) is 5.03. The molecule has 168 valence electrons. The Labute approximate surface area is 177 Å². The van der Waals surface area contributed by atoms with Gasteiger partial charge in [0.15, 0.2) is 5.79 Å². The van der Waals surface area contributed by atoms with Crippen LogP contribution in [0.15, 0.2) is 12.2 Å². The van der Waals surface area contributed by atoms with Crippen LogP contribution < -0.4 is 0 Å². The molecule has 0 amide bonds. The van der Waals surface area contributed by atoms with Gasteiger partial charge in [0.25, 0.3) is 0 Å².